The van der Waals surface area contributed by atoms with Crippen molar-refractivity contribution in [2.45, 2.75) is 13.3 Å². The van der Waals surface area contributed by atoms with Gasteiger partial charge in [0, 0.05) is 19.7 Å². The monoisotopic (exact) mass is 260 g/mol. The van der Waals surface area contributed by atoms with Crippen molar-refractivity contribution in [1.29, 1.82) is 0 Å². The van der Waals surface area contributed by atoms with E-state index in [0.717, 1.165) is 12.0 Å². The fraction of sp³-hybridized carbons (Fsp3) is 0.333. The standard InChI is InChI=1S/C15H20N2O2/c1-3-11-16-14(18)12-17(2)15(19)10-9-13-7-5-4-6-8-13/h4-10H,3,11-12H2,1-2H3,(H,16,18)/b10-9+. The topological polar surface area (TPSA) is 49.4 Å². The summed E-state index contributed by atoms with van der Waals surface area (Å²) in [4.78, 5) is 24.6. The number of nitrogens with one attached hydrogen (secondary N) is 1. The van der Waals surface area contributed by atoms with E-state index < -0.39 is 0 Å². The molecule has 0 saturated heterocycles. The van der Waals surface area contributed by atoms with E-state index in [1.165, 1.54) is 11.0 Å². The van der Waals surface area contributed by atoms with Gasteiger partial charge in [-0.2, -0.15) is 0 Å². The van der Waals surface area contributed by atoms with E-state index in [1.54, 1.807) is 13.1 Å². The fourth-order valence-corrected chi connectivity index (χ4v) is 1.47. The molecule has 0 aliphatic heterocycles. The summed E-state index contributed by atoms with van der Waals surface area (Å²) in [6.45, 7) is 2.70. The normalized spacial score (nSPS) is 10.4. The van der Waals surface area contributed by atoms with Gasteiger partial charge in [0.1, 0.15) is 0 Å². The number of nitrogens with zero attached hydrogens (tertiary/aromatic N) is 1. The zero-order chi connectivity index (χ0) is 14.1. The minimum Gasteiger partial charge on any atom is -0.355 e. The molecule has 0 spiro atoms. The Balaban J connectivity index is 2.44. The predicted molar refractivity (Wildman–Crippen MR) is 76.4 cm³/mol. The fourth-order valence-electron chi connectivity index (χ4n) is 1.47. The van der Waals surface area contributed by atoms with Gasteiger partial charge in [0.15, 0.2) is 0 Å². The number of rotatable bonds is 6. The summed E-state index contributed by atoms with van der Waals surface area (Å²) in [5.74, 6) is -0.318. The van der Waals surface area contributed by atoms with Crippen LogP contribution in [0.3, 0.4) is 0 Å². The lowest BCUT2D eigenvalue weighted by Gasteiger charge is -2.14. The first kappa shape index (κ1) is 15.0. The third kappa shape index (κ3) is 5.86. The molecule has 0 radical (unpaired) electrons. The molecule has 19 heavy (non-hydrogen) atoms. The molecule has 4 nitrogen and oxygen atoms in total. The molecule has 0 unspecified atom stereocenters. The highest BCUT2D eigenvalue weighted by Crippen LogP contribution is 2.01. The van der Waals surface area contributed by atoms with E-state index in [-0.39, 0.29) is 18.4 Å². The van der Waals surface area contributed by atoms with Crippen LogP contribution in [0.15, 0.2) is 36.4 Å². The number of carbonyl (C=O) groups excluding carboxylic acids is 2. The van der Waals surface area contributed by atoms with Crippen molar-refractivity contribution in [2.24, 2.45) is 0 Å². The average Bonchev–Trinajstić information content (AvgIpc) is 2.43. The van der Waals surface area contributed by atoms with E-state index in [9.17, 15) is 9.59 Å². The van der Waals surface area contributed by atoms with Crippen LogP contribution in [0, 0.1) is 0 Å². The Bertz CT molecular complexity index is 441. The maximum atomic E-state index is 11.8. The summed E-state index contributed by atoms with van der Waals surface area (Å²) in [6, 6.07) is 9.57. The Labute approximate surface area is 114 Å². The molecule has 4 heteroatoms. The van der Waals surface area contributed by atoms with Crippen LogP contribution >= 0.6 is 0 Å². The molecule has 1 N–H and O–H groups in total. The summed E-state index contributed by atoms with van der Waals surface area (Å²) < 4.78 is 0. The summed E-state index contributed by atoms with van der Waals surface area (Å²) >= 11 is 0. The quantitative estimate of drug-likeness (QED) is 0.791. The third-order valence-electron chi connectivity index (χ3n) is 2.55. The zero-order valence-corrected chi connectivity index (χ0v) is 11.4. The van der Waals surface area contributed by atoms with E-state index in [1.807, 2.05) is 37.3 Å². The maximum Gasteiger partial charge on any atom is 0.246 e. The Morgan fingerprint density at radius 1 is 1.26 bits per heavy atom. The lowest BCUT2D eigenvalue weighted by molar-refractivity contribution is -0.131. The summed E-state index contributed by atoms with van der Waals surface area (Å²) in [7, 11) is 1.61. The zero-order valence-electron chi connectivity index (χ0n) is 11.4. The molecule has 0 heterocycles. The van der Waals surface area contributed by atoms with Gasteiger partial charge >= 0.3 is 0 Å². The number of carbonyl (C=O) groups is 2. The molecule has 0 atom stereocenters. The van der Waals surface area contributed by atoms with Crippen LogP contribution in [0.2, 0.25) is 0 Å². The van der Waals surface area contributed by atoms with Crippen LogP contribution in [0.5, 0.6) is 0 Å². The molecule has 1 aromatic carbocycles. The van der Waals surface area contributed by atoms with E-state index in [4.69, 9.17) is 0 Å². The van der Waals surface area contributed by atoms with E-state index >= 15 is 0 Å². The summed E-state index contributed by atoms with van der Waals surface area (Å²) in [6.07, 6.45) is 4.10. The number of hydrogen-bond acceptors (Lipinski definition) is 2. The Morgan fingerprint density at radius 3 is 2.58 bits per heavy atom. The minimum absolute atomic E-state index is 0.0813. The molecule has 0 aliphatic rings. The molecule has 0 saturated carbocycles. The highest BCUT2D eigenvalue weighted by Gasteiger charge is 2.09. The van der Waals surface area contributed by atoms with Crippen molar-refractivity contribution in [3.8, 4) is 0 Å². The Kier molecular flexibility index (Phi) is 6.36. The second kappa shape index (κ2) is 8.08. The largest absolute Gasteiger partial charge is 0.355 e. The van der Waals surface area contributed by atoms with Gasteiger partial charge in [0.2, 0.25) is 11.8 Å². The first-order valence-corrected chi connectivity index (χ1v) is 6.38. The number of amides is 2. The van der Waals surface area contributed by atoms with Gasteiger partial charge in [-0.3, -0.25) is 9.59 Å². The van der Waals surface area contributed by atoms with E-state index in [2.05, 4.69) is 5.32 Å². The number of likely N-dealkylation sites (N-methyl/N-ethyl adjacent to an activating group) is 1. The van der Waals surface area contributed by atoms with Crippen LogP contribution in [0.1, 0.15) is 18.9 Å². The van der Waals surface area contributed by atoms with Gasteiger partial charge in [-0.05, 0) is 18.1 Å². The first-order valence-electron chi connectivity index (χ1n) is 6.38. The van der Waals surface area contributed by atoms with Crippen LogP contribution in [0.4, 0.5) is 0 Å². The van der Waals surface area contributed by atoms with Gasteiger partial charge in [-0.15, -0.1) is 0 Å². The molecule has 1 rings (SSSR count). The van der Waals surface area contributed by atoms with Gasteiger partial charge in [-0.25, -0.2) is 0 Å². The molecule has 0 aromatic heterocycles. The van der Waals surface area contributed by atoms with Crippen molar-refractivity contribution in [2.75, 3.05) is 20.1 Å². The lowest BCUT2D eigenvalue weighted by Crippen LogP contribution is -2.37. The second-order valence-electron chi connectivity index (χ2n) is 4.29. The molecule has 0 bridgehead atoms. The van der Waals surface area contributed by atoms with Crippen LogP contribution in [-0.2, 0) is 9.59 Å². The molecular formula is C15H20N2O2. The van der Waals surface area contributed by atoms with Crippen molar-refractivity contribution in [3.63, 3.8) is 0 Å². The molecule has 1 aromatic rings. The third-order valence-corrected chi connectivity index (χ3v) is 2.55. The van der Waals surface area contributed by atoms with Crippen molar-refractivity contribution in [1.82, 2.24) is 10.2 Å². The van der Waals surface area contributed by atoms with Crippen LogP contribution in [-0.4, -0.2) is 36.9 Å². The minimum atomic E-state index is -0.185. The Hall–Kier alpha value is -2.10. The summed E-state index contributed by atoms with van der Waals surface area (Å²) in [5, 5.41) is 2.73. The van der Waals surface area contributed by atoms with Crippen molar-refractivity contribution >= 4 is 17.9 Å². The van der Waals surface area contributed by atoms with Gasteiger partial charge < -0.3 is 10.2 Å². The maximum absolute atomic E-state index is 11.8. The molecule has 0 fully saturated rings. The highest BCUT2D eigenvalue weighted by atomic mass is 16.2. The van der Waals surface area contributed by atoms with Gasteiger partial charge in [-0.1, -0.05) is 37.3 Å². The number of benzene rings is 1. The molecular weight excluding hydrogens is 240 g/mol. The van der Waals surface area contributed by atoms with Crippen LogP contribution < -0.4 is 5.32 Å². The van der Waals surface area contributed by atoms with Crippen molar-refractivity contribution in [3.05, 3.63) is 42.0 Å². The first-order chi connectivity index (χ1) is 9.13. The second-order valence-corrected chi connectivity index (χ2v) is 4.29. The van der Waals surface area contributed by atoms with Crippen LogP contribution in [0.25, 0.3) is 6.08 Å². The highest BCUT2D eigenvalue weighted by molar-refractivity contribution is 5.94. The molecule has 2 amide bonds. The number of hydrogen-bond donors (Lipinski definition) is 1. The predicted octanol–water partition coefficient (Wildman–Crippen LogP) is 1.68. The van der Waals surface area contributed by atoms with Gasteiger partial charge in [0.25, 0.3) is 0 Å². The molecule has 102 valence electrons. The SMILES string of the molecule is CCCNC(=O)CN(C)C(=O)/C=C/c1ccccc1. The molecule has 0 aliphatic carbocycles. The smallest absolute Gasteiger partial charge is 0.246 e. The van der Waals surface area contributed by atoms with Crippen molar-refractivity contribution < 1.29 is 9.59 Å². The lowest BCUT2D eigenvalue weighted by atomic mass is 10.2. The van der Waals surface area contributed by atoms with E-state index in [0.29, 0.717) is 6.54 Å². The summed E-state index contributed by atoms with van der Waals surface area (Å²) in [5.41, 5.74) is 0.958. The Morgan fingerprint density at radius 2 is 1.95 bits per heavy atom. The van der Waals surface area contributed by atoms with Gasteiger partial charge in [0.05, 0.1) is 6.54 Å². The average molecular weight is 260 g/mol.